The Morgan fingerprint density at radius 1 is 1.00 bits per heavy atom. The summed E-state index contributed by atoms with van der Waals surface area (Å²) in [4.78, 5) is 0. The highest BCUT2D eigenvalue weighted by molar-refractivity contribution is 5.72. The van der Waals surface area contributed by atoms with E-state index in [1.165, 1.54) is 23.8 Å². The predicted octanol–water partition coefficient (Wildman–Crippen LogP) is 5.17. The van der Waals surface area contributed by atoms with E-state index in [0.717, 1.165) is 5.56 Å². The second kappa shape index (κ2) is 5.93. The minimum Gasteiger partial charge on any atom is -0.207 e. The molecule has 2 aromatic carbocycles. The highest BCUT2D eigenvalue weighted by atomic mass is 19.1. The van der Waals surface area contributed by atoms with Crippen molar-refractivity contribution in [3.8, 4) is 6.07 Å². The summed E-state index contributed by atoms with van der Waals surface area (Å²) >= 11 is 0. The molecule has 2 rings (SSSR count). The van der Waals surface area contributed by atoms with Gasteiger partial charge in [-0.05, 0) is 40.3 Å². The first kappa shape index (κ1) is 15.0. The van der Waals surface area contributed by atoms with Crippen LogP contribution in [0.15, 0.2) is 42.5 Å². The van der Waals surface area contributed by atoms with Crippen molar-refractivity contribution in [2.75, 3.05) is 0 Å². The van der Waals surface area contributed by atoms with Crippen molar-refractivity contribution in [3.05, 3.63) is 70.5 Å². The fourth-order valence-electron chi connectivity index (χ4n) is 2.05. The number of benzene rings is 2. The Kier molecular flexibility index (Phi) is 4.23. The molecule has 1 nitrogen and oxygen atoms in total. The Bertz CT molecular complexity index is 698. The molecule has 0 bridgehead atoms. The van der Waals surface area contributed by atoms with Gasteiger partial charge in [0.2, 0.25) is 0 Å². The molecule has 0 saturated carbocycles. The number of nitrogens with zero attached hydrogens (tertiary/aromatic N) is 1. The largest absolute Gasteiger partial charge is 0.207 e. The monoisotopic (exact) mass is 279 g/mol. The highest BCUT2D eigenvalue weighted by Crippen LogP contribution is 2.23. The maximum Gasteiger partial charge on any atom is 0.123 e. The highest BCUT2D eigenvalue weighted by Gasteiger charge is 2.12. The molecule has 0 radical (unpaired) electrons. The molecule has 0 atom stereocenters. The van der Waals surface area contributed by atoms with Crippen LogP contribution < -0.4 is 0 Å². The topological polar surface area (TPSA) is 23.8 Å². The minimum absolute atomic E-state index is 0.124. The molecule has 0 aliphatic rings. The van der Waals surface area contributed by atoms with Crippen LogP contribution in [0.3, 0.4) is 0 Å². The lowest BCUT2D eigenvalue weighted by molar-refractivity contribution is 0.590. The van der Waals surface area contributed by atoms with Crippen LogP contribution in [0.5, 0.6) is 0 Å². The molecule has 2 heteroatoms. The van der Waals surface area contributed by atoms with E-state index in [2.05, 4.69) is 39.0 Å². The predicted molar refractivity (Wildman–Crippen MR) is 85.2 cm³/mol. The summed E-state index contributed by atoms with van der Waals surface area (Å²) in [7, 11) is 0. The lowest BCUT2D eigenvalue weighted by Gasteiger charge is -2.18. The summed E-state index contributed by atoms with van der Waals surface area (Å²) in [6.45, 7) is 6.51. The van der Waals surface area contributed by atoms with E-state index in [0.29, 0.717) is 11.1 Å². The first-order chi connectivity index (χ1) is 9.90. The molecular formula is C19H18FN. The van der Waals surface area contributed by atoms with Crippen molar-refractivity contribution in [2.45, 2.75) is 26.2 Å². The van der Waals surface area contributed by atoms with E-state index in [9.17, 15) is 4.39 Å². The molecule has 0 saturated heterocycles. The van der Waals surface area contributed by atoms with Crippen LogP contribution in [-0.4, -0.2) is 0 Å². The SMILES string of the molecule is CC(C)(C)c1ccc(/C=C/c2cc(F)ccc2C#N)cc1. The fraction of sp³-hybridized carbons (Fsp3) is 0.211. The molecule has 0 aliphatic heterocycles. The van der Waals surface area contributed by atoms with Crippen LogP contribution in [0.2, 0.25) is 0 Å². The average Bonchev–Trinajstić information content (AvgIpc) is 2.45. The molecule has 2 aromatic rings. The summed E-state index contributed by atoms with van der Waals surface area (Å²) in [5.41, 5.74) is 3.48. The van der Waals surface area contributed by atoms with Crippen LogP contribution in [-0.2, 0) is 5.41 Å². The van der Waals surface area contributed by atoms with Gasteiger partial charge in [0, 0.05) is 0 Å². The summed E-state index contributed by atoms with van der Waals surface area (Å²) in [6, 6.07) is 14.5. The van der Waals surface area contributed by atoms with Crippen molar-refractivity contribution in [1.82, 2.24) is 0 Å². The average molecular weight is 279 g/mol. The van der Waals surface area contributed by atoms with Crippen molar-refractivity contribution < 1.29 is 4.39 Å². The van der Waals surface area contributed by atoms with E-state index in [1.54, 1.807) is 6.08 Å². The normalized spacial score (nSPS) is 11.6. The standard InChI is InChI=1S/C19H18FN/c1-19(2,3)17-9-5-14(6-10-17)4-7-15-12-18(20)11-8-16(15)13-21/h4-12H,1-3H3/b7-4+. The van der Waals surface area contributed by atoms with E-state index < -0.39 is 0 Å². The Hall–Kier alpha value is -2.40. The lowest BCUT2D eigenvalue weighted by atomic mass is 9.87. The van der Waals surface area contributed by atoms with Gasteiger partial charge in [-0.1, -0.05) is 57.2 Å². The number of hydrogen-bond acceptors (Lipinski definition) is 1. The van der Waals surface area contributed by atoms with Gasteiger partial charge in [0.05, 0.1) is 11.6 Å². The molecule has 0 N–H and O–H groups in total. The summed E-state index contributed by atoms with van der Waals surface area (Å²) < 4.78 is 13.3. The zero-order valence-corrected chi connectivity index (χ0v) is 12.5. The van der Waals surface area contributed by atoms with Gasteiger partial charge in [0.25, 0.3) is 0 Å². The third-order valence-corrected chi connectivity index (χ3v) is 3.37. The molecule has 0 unspecified atom stereocenters. The number of halogens is 1. The van der Waals surface area contributed by atoms with Gasteiger partial charge in [-0.3, -0.25) is 0 Å². The quantitative estimate of drug-likeness (QED) is 0.696. The minimum atomic E-state index is -0.336. The van der Waals surface area contributed by atoms with Crippen molar-refractivity contribution in [2.24, 2.45) is 0 Å². The first-order valence-electron chi connectivity index (χ1n) is 6.88. The van der Waals surface area contributed by atoms with Crippen LogP contribution in [0.25, 0.3) is 12.2 Å². The van der Waals surface area contributed by atoms with Gasteiger partial charge < -0.3 is 0 Å². The van der Waals surface area contributed by atoms with Crippen LogP contribution in [0.4, 0.5) is 4.39 Å². The van der Waals surface area contributed by atoms with Crippen LogP contribution in [0.1, 0.15) is 43.0 Å². The van der Waals surface area contributed by atoms with Crippen molar-refractivity contribution >= 4 is 12.2 Å². The molecule has 0 aliphatic carbocycles. The van der Waals surface area contributed by atoms with Crippen LogP contribution in [0, 0.1) is 17.1 Å². The third kappa shape index (κ3) is 3.79. The summed E-state index contributed by atoms with van der Waals surface area (Å²) in [5.74, 6) is -0.336. The maximum absolute atomic E-state index is 13.3. The molecule has 106 valence electrons. The van der Waals surface area contributed by atoms with Gasteiger partial charge in [0.1, 0.15) is 5.82 Å². The number of nitriles is 1. The van der Waals surface area contributed by atoms with Gasteiger partial charge in [0.15, 0.2) is 0 Å². The zero-order valence-electron chi connectivity index (χ0n) is 12.5. The smallest absolute Gasteiger partial charge is 0.123 e. The molecule has 0 aromatic heterocycles. The van der Waals surface area contributed by atoms with E-state index >= 15 is 0 Å². The molecule has 0 heterocycles. The molecular weight excluding hydrogens is 261 g/mol. The number of hydrogen-bond donors (Lipinski definition) is 0. The van der Waals surface area contributed by atoms with Crippen molar-refractivity contribution in [3.63, 3.8) is 0 Å². The lowest BCUT2D eigenvalue weighted by Crippen LogP contribution is -2.10. The Balaban J connectivity index is 2.26. The van der Waals surface area contributed by atoms with E-state index in [4.69, 9.17) is 5.26 Å². The third-order valence-electron chi connectivity index (χ3n) is 3.37. The van der Waals surface area contributed by atoms with Gasteiger partial charge in [-0.25, -0.2) is 4.39 Å². The first-order valence-corrected chi connectivity index (χ1v) is 6.88. The Labute approximate surface area is 125 Å². The van der Waals surface area contributed by atoms with Gasteiger partial charge >= 0.3 is 0 Å². The summed E-state index contributed by atoms with van der Waals surface area (Å²) in [5, 5.41) is 9.03. The Morgan fingerprint density at radius 3 is 2.24 bits per heavy atom. The van der Waals surface area contributed by atoms with Gasteiger partial charge in [-0.15, -0.1) is 0 Å². The molecule has 0 fully saturated rings. The molecule has 21 heavy (non-hydrogen) atoms. The van der Waals surface area contributed by atoms with Crippen molar-refractivity contribution in [1.29, 1.82) is 5.26 Å². The maximum atomic E-state index is 13.3. The second-order valence-corrected chi connectivity index (χ2v) is 6.05. The van der Waals surface area contributed by atoms with Crippen LogP contribution >= 0.6 is 0 Å². The summed E-state index contributed by atoms with van der Waals surface area (Å²) in [6.07, 6.45) is 3.66. The Morgan fingerprint density at radius 2 is 1.67 bits per heavy atom. The molecule has 0 spiro atoms. The molecule has 0 amide bonds. The second-order valence-electron chi connectivity index (χ2n) is 6.05. The van der Waals surface area contributed by atoms with Gasteiger partial charge in [-0.2, -0.15) is 5.26 Å². The number of rotatable bonds is 2. The van der Waals surface area contributed by atoms with E-state index in [1.807, 2.05) is 18.2 Å². The zero-order chi connectivity index (χ0) is 15.5. The fourth-order valence-corrected chi connectivity index (χ4v) is 2.05. The van der Waals surface area contributed by atoms with E-state index in [-0.39, 0.29) is 11.2 Å².